The Morgan fingerprint density at radius 3 is 2.12 bits per heavy atom. The lowest BCUT2D eigenvalue weighted by Crippen LogP contribution is -2.54. The SMILES string of the molecule is COc1cc2c(cc1OCc1cc(O)cc(COc3cc4c(cc3OC)C(=O)N3Cc5ccccc5CC3(C)C=N4)c1)N=CC1Cc3c(ncn3C)CN1C2=O. The second-order valence-corrected chi connectivity index (χ2v) is 14.8. The molecule has 2 amide bonds. The number of aliphatic imine (C=N–C) groups is 2. The van der Waals surface area contributed by atoms with Crippen LogP contribution in [-0.4, -0.2) is 74.5 Å². The van der Waals surface area contributed by atoms with Gasteiger partial charge in [-0.3, -0.25) is 19.6 Å². The van der Waals surface area contributed by atoms with Gasteiger partial charge in [0.1, 0.15) is 19.0 Å². The number of aromatic nitrogens is 2. The van der Waals surface area contributed by atoms with Crippen molar-refractivity contribution in [2.75, 3.05) is 14.2 Å². The Balaban J connectivity index is 0.920. The molecule has 0 saturated carbocycles. The summed E-state index contributed by atoms with van der Waals surface area (Å²) in [6, 6.07) is 19.9. The zero-order valence-electron chi connectivity index (χ0n) is 31.5. The average Bonchev–Trinajstić information content (AvgIpc) is 3.45. The molecule has 284 valence electrons. The molecule has 5 aromatic rings. The summed E-state index contributed by atoms with van der Waals surface area (Å²) in [7, 11) is 5.01. The molecule has 4 aromatic carbocycles. The first-order valence-electron chi connectivity index (χ1n) is 18.4. The van der Waals surface area contributed by atoms with E-state index in [9.17, 15) is 14.7 Å². The fourth-order valence-electron chi connectivity index (χ4n) is 8.08. The Kier molecular flexibility index (Phi) is 8.52. The zero-order chi connectivity index (χ0) is 38.7. The number of amides is 2. The summed E-state index contributed by atoms with van der Waals surface area (Å²) in [6.45, 7) is 3.09. The number of phenolic OH excluding ortho intramolecular Hbond substituents is 1. The topological polar surface area (TPSA) is 140 Å². The first-order chi connectivity index (χ1) is 27.1. The van der Waals surface area contributed by atoms with Gasteiger partial charge < -0.3 is 38.4 Å². The predicted molar refractivity (Wildman–Crippen MR) is 208 cm³/mol. The molecular weight excluding hydrogens is 713 g/mol. The molecule has 0 spiro atoms. The van der Waals surface area contributed by atoms with E-state index in [2.05, 4.69) is 17.1 Å². The van der Waals surface area contributed by atoms with Gasteiger partial charge in [-0.25, -0.2) is 4.98 Å². The number of carbonyl (C=O) groups is 2. The molecule has 1 N–H and O–H groups in total. The highest BCUT2D eigenvalue weighted by Crippen LogP contribution is 2.42. The van der Waals surface area contributed by atoms with E-state index in [1.807, 2.05) is 54.1 Å². The number of nitrogens with zero attached hydrogens (tertiary/aromatic N) is 6. The third-order valence-corrected chi connectivity index (χ3v) is 11.1. The number of fused-ring (bicyclic) bond motifs is 6. The van der Waals surface area contributed by atoms with Crippen LogP contribution in [0.2, 0.25) is 0 Å². The second-order valence-electron chi connectivity index (χ2n) is 14.8. The fourth-order valence-corrected chi connectivity index (χ4v) is 8.08. The Hall–Kier alpha value is -6.63. The van der Waals surface area contributed by atoms with Crippen LogP contribution in [0.3, 0.4) is 0 Å². The molecule has 0 saturated heterocycles. The first kappa shape index (κ1) is 35.1. The quantitative estimate of drug-likeness (QED) is 0.196. The van der Waals surface area contributed by atoms with E-state index in [0.29, 0.717) is 82.6 Å². The van der Waals surface area contributed by atoms with E-state index in [1.165, 1.54) is 19.8 Å². The largest absolute Gasteiger partial charge is 0.508 e. The lowest BCUT2D eigenvalue weighted by atomic mass is 9.84. The molecule has 0 radical (unpaired) electrons. The second kappa shape index (κ2) is 13.6. The molecule has 4 aliphatic rings. The highest BCUT2D eigenvalue weighted by molar-refractivity contribution is 6.05. The van der Waals surface area contributed by atoms with Gasteiger partial charge in [-0.2, -0.15) is 0 Å². The summed E-state index contributed by atoms with van der Waals surface area (Å²) >= 11 is 0. The molecular formula is C43H40N6O7. The number of rotatable bonds is 8. The molecule has 4 aliphatic heterocycles. The molecule has 1 aromatic heterocycles. The summed E-state index contributed by atoms with van der Waals surface area (Å²) in [6.07, 6.45) is 6.73. The fraction of sp³-hybridized carbons (Fsp3) is 0.279. The van der Waals surface area contributed by atoms with E-state index >= 15 is 0 Å². The molecule has 0 aliphatic carbocycles. The Labute approximate surface area is 323 Å². The van der Waals surface area contributed by atoms with Gasteiger partial charge in [0.25, 0.3) is 11.8 Å². The molecule has 0 fully saturated rings. The standard InChI is InChI=1S/C43H40N6O7/c1-43-17-27-7-5-6-8-28(27)19-49(43)42(52)32-14-38(54-4)40(16-34(32)45-23-43)56-22-26-9-25(10-30(50)11-26)21-55-39-15-33-31(13-37(39)53-3)41(51)48-20-35-36(47(2)24-46-35)12-29(48)18-44-33/h5-11,13-16,18,23-24,29,50H,12,17,19-22H2,1-4H3. The molecule has 13 heteroatoms. The Morgan fingerprint density at radius 2 is 1.45 bits per heavy atom. The van der Waals surface area contributed by atoms with Gasteiger partial charge >= 0.3 is 0 Å². The maximum atomic E-state index is 14.0. The molecule has 2 unspecified atom stereocenters. The lowest BCUT2D eigenvalue weighted by molar-refractivity contribution is 0.0594. The smallest absolute Gasteiger partial charge is 0.257 e. The number of aromatic hydroxyl groups is 1. The summed E-state index contributed by atoms with van der Waals surface area (Å²) in [5.41, 5.74) is 6.91. The van der Waals surface area contributed by atoms with E-state index in [0.717, 1.165) is 17.0 Å². The number of phenols is 1. The minimum Gasteiger partial charge on any atom is -0.508 e. The zero-order valence-corrected chi connectivity index (χ0v) is 31.5. The van der Waals surface area contributed by atoms with Crippen molar-refractivity contribution in [2.45, 2.75) is 57.6 Å². The molecule has 2 atom stereocenters. The maximum Gasteiger partial charge on any atom is 0.257 e. The van der Waals surface area contributed by atoms with Crippen LogP contribution in [0.4, 0.5) is 11.4 Å². The number of hydrogen-bond donors (Lipinski definition) is 1. The highest BCUT2D eigenvalue weighted by atomic mass is 16.5. The maximum absolute atomic E-state index is 14.0. The van der Waals surface area contributed by atoms with Gasteiger partial charge in [-0.15, -0.1) is 0 Å². The summed E-state index contributed by atoms with van der Waals surface area (Å²) in [5.74, 6) is 1.35. The van der Waals surface area contributed by atoms with E-state index in [-0.39, 0.29) is 36.8 Å². The third kappa shape index (κ3) is 6.09. The molecule has 5 heterocycles. The van der Waals surface area contributed by atoms with Crippen molar-refractivity contribution < 1.29 is 33.6 Å². The number of imidazole rings is 1. The molecule has 0 bridgehead atoms. The highest BCUT2D eigenvalue weighted by Gasteiger charge is 2.41. The van der Waals surface area contributed by atoms with Crippen molar-refractivity contribution in [2.24, 2.45) is 17.0 Å². The van der Waals surface area contributed by atoms with Gasteiger partial charge in [0, 0.05) is 56.7 Å². The van der Waals surface area contributed by atoms with Crippen LogP contribution < -0.4 is 18.9 Å². The van der Waals surface area contributed by atoms with Gasteiger partial charge in [-0.05, 0) is 59.5 Å². The van der Waals surface area contributed by atoms with Crippen LogP contribution in [0.1, 0.15) is 61.3 Å². The summed E-state index contributed by atoms with van der Waals surface area (Å²) < 4.78 is 25.8. The number of benzene rings is 4. The predicted octanol–water partition coefficient (Wildman–Crippen LogP) is 6.26. The normalized spacial score (nSPS) is 19.1. The number of ether oxygens (including phenoxy) is 4. The van der Waals surface area contributed by atoms with Crippen molar-refractivity contribution in [3.8, 4) is 28.7 Å². The average molecular weight is 753 g/mol. The van der Waals surface area contributed by atoms with Crippen molar-refractivity contribution in [3.63, 3.8) is 0 Å². The summed E-state index contributed by atoms with van der Waals surface area (Å²) in [5, 5.41) is 10.7. The van der Waals surface area contributed by atoms with Crippen molar-refractivity contribution in [1.29, 1.82) is 0 Å². The molecule has 56 heavy (non-hydrogen) atoms. The van der Waals surface area contributed by atoms with Gasteiger partial charge in [-0.1, -0.05) is 24.3 Å². The van der Waals surface area contributed by atoms with Crippen LogP contribution in [-0.2, 0) is 46.2 Å². The Morgan fingerprint density at radius 1 is 0.804 bits per heavy atom. The van der Waals surface area contributed by atoms with Gasteiger partial charge in [0.15, 0.2) is 23.0 Å². The first-order valence-corrected chi connectivity index (χ1v) is 18.4. The minimum atomic E-state index is -0.590. The number of aryl methyl sites for hydroxylation is 1. The van der Waals surface area contributed by atoms with Crippen LogP contribution >= 0.6 is 0 Å². The van der Waals surface area contributed by atoms with Gasteiger partial charge in [0.2, 0.25) is 0 Å². The lowest BCUT2D eigenvalue weighted by Gasteiger charge is -2.42. The molecule has 9 rings (SSSR count). The van der Waals surface area contributed by atoms with Crippen LogP contribution in [0, 0.1) is 0 Å². The minimum absolute atomic E-state index is 0.0379. The van der Waals surface area contributed by atoms with Crippen LogP contribution in [0.5, 0.6) is 28.7 Å². The monoisotopic (exact) mass is 752 g/mol. The van der Waals surface area contributed by atoms with Gasteiger partial charge in [0.05, 0.1) is 66.9 Å². The van der Waals surface area contributed by atoms with E-state index in [4.69, 9.17) is 28.9 Å². The van der Waals surface area contributed by atoms with Crippen molar-refractivity contribution in [1.82, 2.24) is 19.4 Å². The third-order valence-electron chi connectivity index (χ3n) is 11.1. The van der Waals surface area contributed by atoms with Crippen LogP contribution in [0.15, 0.2) is 83.0 Å². The Bertz CT molecular complexity index is 2490. The number of methoxy groups -OCH3 is 2. The van der Waals surface area contributed by atoms with E-state index < -0.39 is 5.54 Å². The van der Waals surface area contributed by atoms with E-state index in [1.54, 1.807) is 47.6 Å². The number of hydrogen-bond acceptors (Lipinski definition) is 10. The van der Waals surface area contributed by atoms with Crippen molar-refractivity contribution in [3.05, 3.63) is 118 Å². The van der Waals surface area contributed by atoms with Crippen LogP contribution in [0.25, 0.3) is 0 Å². The van der Waals surface area contributed by atoms with Crippen molar-refractivity contribution >= 4 is 35.6 Å². The summed E-state index contributed by atoms with van der Waals surface area (Å²) in [4.78, 5) is 45.4. The molecule has 13 nitrogen and oxygen atoms in total. The number of carbonyl (C=O) groups excluding carboxylic acids is 2.